The van der Waals surface area contributed by atoms with Crippen LogP contribution in [0.25, 0.3) is 11.1 Å². The predicted molar refractivity (Wildman–Crippen MR) is 126 cm³/mol. The minimum Gasteiger partial charge on any atom is -0.379 e. The highest BCUT2D eigenvalue weighted by molar-refractivity contribution is 6.31. The van der Waals surface area contributed by atoms with Crippen LogP contribution in [-0.2, 0) is 24.8 Å². The molecular weight excluding hydrogens is 422 g/mol. The Morgan fingerprint density at radius 3 is 2.62 bits per heavy atom. The van der Waals surface area contributed by atoms with E-state index in [-0.39, 0.29) is 18.1 Å². The summed E-state index contributed by atoms with van der Waals surface area (Å²) in [6.07, 6.45) is 9.01. The van der Waals surface area contributed by atoms with Crippen molar-refractivity contribution >= 4 is 17.5 Å². The zero-order chi connectivity index (χ0) is 22.2. The summed E-state index contributed by atoms with van der Waals surface area (Å²) in [4.78, 5) is 15.3. The van der Waals surface area contributed by atoms with E-state index in [9.17, 15) is 4.79 Å². The molecule has 5 rings (SSSR count). The van der Waals surface area contributed by atoms with E-state index >= 15 is 0 Å². The number of nitrogens with zero attached hydrogens (tertiary/aromatic N) is 3. The molecule has 2 heterocycles. The van der Waals surface area contributed by atoms with Crippen LogP contribution in [0.15, 0.2) is 48.8 Å². The third-order valence-corrected chi connectivity index (χ3v) is 7.21. The second-order valence-electron chi connectivity index (χ2n) is 8.94. The van der Waals surface area contributed by atoms with Gasteiger partial charge in [0.15, 0.2) is 0 Å². The number of aromatic nitrogens is 2. The maximum atomic E-state index is 13.3. The summed E-state index contributed by atoms with van der Waals surface area (Å²) in [7, 11) is 3.67. The van der Waals surface area contributed by atoms with E-state index in [1.165, 1.54) is 6.42 Å². The van der Waals surface area contributed by atoms with Crippen molar-refractivity contribution in [3.05, 3.63) is 76.1 Å². The van der Waals surface area contributed by atoms with Crippen molar-refractivity contribution in [2.75, 3.05) is 7.11 Å². The number of carbonyl (C=O) groups is 1. The summed E-state index contributed by atoms with van der Waals surface area (Å²) in [5, 5.41) is 4.96. The Morgan fingerprint density at radius 2 is 1.91 bits per heavy atom. The summed E-state index contributed by atoms with van der Waals surface area (Å²) in [5.74, 6) is 0.110. The number of hydrogen-bond acceptors (Lipinski definition) is 3. The van der Waals surface area contributed by atoms with Crippen LogP contribution in [-0.4, -0.2) is 39.8 Å². The zero-order valence-electron chi connectivity index (χ0n) is 18.6. The Kier molecular flexibility index (Phi) is 5.78. The number of halogens is 1. The molecule has 2 atom stereocenters. The fourth-order valence-electron chi connectivity index (χ4n) is 5.12. The number of carbonyl (C=O) groups excluding carboxylic acids is 1. The minimum absolute atomic E-state index is 0.110. The zero-order valence-corrected chi connectivity index (χ0v) is 19.3. The molecule has 1 amide bonds. The van der Waals surface area contributed by atoms with Crippen LogP contribution in [0.3, 0.4) is 0 Å². The molecular formula is C26H28ClN3O2. The molecule has 3 aromatic rings. The number of amides is 1. The van der Waals surface area contributed by atoms with Crippen LogP contribution < -0.4 is 0 Å². The molecule has 1 aromatic heterocycles. The van der Waals surface area contributed by atoms with Crippen LogP contribution in [0.1, 0.15) is 52.7 Å². The van der Waals surface area contributed by atoms with E-state index in [0.717, 1.165) is 57.7 Å². The molecule has 0 spiro atoms. The lowest BCUT2D eigenvalue weighted by Crippen LogP contribution is -2.46. The molecule has 166 valence electrons. The molecule has 1 saturated carbocycles. The Hall–Kier alpha value is -2.63. The lowest BCUT2D eigenvalue weighted by molar-refractivity contribution is -0.00582. The van der Waals surface area contributed by atoms with Gasteiger partial charge in [-0.25, -0.2) is 0 Å². The lowest BCUT2D eigenvalue weighted by atomic mass is 9.91. The van der Waals surface area contributed by atoms with Gasteiger partial charge in [-0.3, -0.25) is 9.48 Å². The highest BCUT2D eigenvalue weighted by Gasteiger charge is 2.38. The standard InChI is InChI=1S/C26H28ClN3O2/c1-29-15-21(14-28-29)18-9-7-17(8-10-18)11-19-12-22-20(13-23(19)27)16-30(26(22)31)24-5-3-4-6-25(24)32-2/h7-10,12-15,24-25H,3-6,11,16H2,1-2H3/t24-,25-/m0/s1. The van der Waals surface area contributed by atoms with Gasteiger partial charge in [0, 0.05) is 43.0 Å². The summed E-state index contributed by atoms with van der Waals surface area (Å²) < 4.78 is 7.51. The number of rotatable bonds is 5. The number of hydrogen-bond donors (Lipinski definition) is 0. The van der Waals surface area contributed by atoms with E-state index in [1.54, 1.807) is 11.8 Å². The van der Waals surface area contributed by atoms with Gasteiger partial charge in [0.05, 0.1) is 18.3 Å². The molecule has 1 aliphatic heterocycles. The smallest absolute Gasteiger partial charge is 0.254 e. The van der Waals surface area contributed by atoms with Crippen LogP contribution in [0.5, 0.6) is 0 Å². The van der Waals surface area contributed by atoms with Gasteiger partial charge in [-0.05, 0) is 53.6 Å². The number of methoxy groups -OCH3 is 1. The van der Waals surface area contributed by atoms with Crippen molar-refractivity contribution in [1.82, 2.24) is 14.7 Å². The molecule has 32 heavy (non-hydrogen) atoms. The van der Waals surface area contributed by atoms with E-state index < -0.39 is 0 Å². The van der Waals surface area contributed by atoms with Gasteiger partial charge in [-0.1, -0.05) is 48.7 Å². The van der Waals surface area contributed by atoms with E-state index in [2.05, 4.69) is 29.4 Å². The Balaban J connectivity index is 1.36. The molecule has 5 nitrogen and oxygen atoms in total. The van der Waals surface area contributed by atoms with Gasteiger partial charge in [0.25, 0.3) is 5.91 Å². The summed E-state index contributed by atoms with van der Waals surface area (Å²) in [6, 6.07) is 12.6. The van der Waals surface area contributed by atoms with Gasteiger partial charge in [-0.15, -0.1) is 0 Å². The quantitative estimate of drug-likeness (QED) is 0.534. The number of ether oxygens (including phenoxy) is 1. The highest BCUT2D eigenvalue weighted by atomic mass is 35.5. The largest absolute Gasteiger partial charge is 0.379 e. The SMILES string of the molecule is CO[C@H]1CCCC[C@@H]1N1Cc2cc(Cl)c(Cc3ccc(-c4cnn(C)c4)cc3)cc2C1=O. The Labute approximate surface area is 193 Å². The summed E-state index contributed by atoms with van der Waals surface area (Å²) in [5.41, 5.74) is 6.19. The second kappa shape index (κ2) is 8.72. The van der Waals surface area contributed by atoms with Crippen LogP contribution >= 0.6 is 11.6 Å². The molecule has 6 heteroatoms. The van der Waals surface area contributed by atoms with Gasteiger partial charge < -0.3 is 9.64 Å². The summed E-state index contributed by atoms with van der Waals surface area (Å²) >= 11 is 6.66. The third kappa shape index (κ3) is 3.96. The number of fused-ring (bicyclic) bond motifs is 1. The van der Waals surface area contributed by atoms with E-state index in [0.29, 0.717) is 13.0 Å². The first-order valence-electron chi connectivity index (χ1n) is 11.3. The third-order valence-electron chi connectivity index (χ3n) is 6.86. The predicted octanol–water partition coefficient (Wildman–Crippen LogP) is 5.24. The molecule has 0 N–H and O–H groups in total. The average molecular weight is 450 g/mol. The summed E-state index contributed by atoms with van der Waals surface area (Å²) in [6.45, 7) is 0.624. The van der Waals surface area contributed by atoms with E-state index in [1.807, 2.05) is 36.5 Å². The molecule has 0 unspecified atom stereocenters. The molecule has 1 fully saturated rings. The van der Waals surface area contributed by atoms with Crippen molar-refractivity contribution in [3.63, 3.8) is 0 Å². The van der Waals surface area contributed by atoms with E-state index in [4.69, 9.17) is 16.3 Å². The van der Waals surface area contributed by atoms with Crippen molar-refractivity contribution in [2.45, 2.75) is 50.8 Å². The van der Waals surface area contributed by atoms with Crippen molar-refractivity contribution in [3.8, 4) is 11.1 Å². The Morgan fingerprint density at radius 1 is 1.12 bits per heavy atom. The lowest BCUT2D eigenvalue weighted by Gasteiger charge is -2.37. The minimum atomic E-state index is 0.110. The monoisotopic (exact) mass is 449 g/mol. The topological polar surface area (TPSA) is 47.4 Å². The fraction of sp³-hybridized carbons (Fsp3) is 0.385. The van der Waals surface area contributed by atoms with Crippen LogP contribution in [0, 0.1) is 0 Å². The van der Waals surface area contributed by atoms with Gasteiger partial charge in [0.2, 0.25) is 0 Å². The average Bonchev–Trinajstić information content (AvgIpc) is 3.38. The fourth-order valence-corrected chi connectivity index (χ4v) is 5.37. The molecule has 1 aliphatic carbocycles. The van der Waals surface area contributed by atoms with Crippen molar-refractivity contribution in [2.24, 2.45) is 7.05 Å². The number of aryl methyl sites for hydroxylation is 1. The number of benzene rings is 2. The molecule has 2 aromatic carbocycles. The van der Waals surface area contributed by atoms with Crippen molar-refractivity contribution < 1.29 is 9.53 Å². The first-order chi connectivity index (χ1) is 15.5. The van der Waals surface area contributed by atoms with Gasteiger partial charge >= 0.3 is 0 Å². The molecule has 0 radical (unpaired) electrons. The van der Waals surface area contributed by atoms with Crippen molar-refractivity contribution in [1.29, 1.82) is 0 Å². The van der Waals surface area contributed by atoms with Gasteiger partial charge in [0.1, 0.15) is 0 Å². The van der Waals surface area contributed by atoms with Crippen LogP contribution in [0.2, 0.25) is 5.02 Å². The maximum Gasteiger partial charge on any atom is 0.254 e. The molecule has 0 bridgehead atoms. The first kappa shape index (κ1) is 21.2. The normalized spacial score (nSPS) is 20.6. The molecule has 0 saturated heterocycles. The maximum absolute atomic E-state index is 13.3. The Bertz CT molecular complexity index is 1140. The van der Waals surface area contributed by atoms with Crippen LogP contribution in [0.4, 0.5) is 0 Å². The van der Waals surface area contributed by atoms with Gasteiger partial charge in [-0.2, -0.15) is 5.10 Å². The molecule has 2 aliphatic rings. The highest BCUT2D eigenvalue weighted by Crippen LogP contribution is 2.35. The second-order valence-corrected chi connectivity index (χ2v) is 9.34. The first-order valence-corrected chi connectivity index (χ1v) is 11.6.